The summed E-state index contributed by atoms with van der Waals surface area (Å²) in [6.07, 6.45) is 0.816. The molecule has 7 nitrogen and oxygen atoms in total. The monoisotopic (exact) mass is 582 g/mol. The van der Waals surface area contributed by atoms with Crippen molar-refractivity contribution in [1.29, 1.82) is 0 Å². The molecule has 39 heavy (non-hydrogen) atoms. The summed E-state index contributed by atoms with van der Waals surface area (Å²) in [5.74, 6) is -0.923. The van der Waals surface area contributed by atoms with Crippen LogP contribution in [0, 0.1) is 0 Å². The van der Waals surface area contributed by atoms with E-state index in [0.29, 0.717) is 56.5 Å². The number of aliphatic hydroxyl groups is 1. The Kier molecular flexibility index (Phi) is 7.79. The fraction of sp³-hybridized carbons (Fsp3) is 0.207. The second kappa shape index (κ2) is 11.3. The molecule has 1 aliphatic heterocycles. The Morgan fingerprint density at radius 1 is 0.974 bits per heavy atom. The number of aromatic nitrogens is 1. The molecular formula is C29H24Cl2N2O5S. The minimum absolute atomic E-state index is 0.0655. The Morgan fingerprint density at radius 3 is 2.44 bits per heavy atom. The number of aliphatic hydroxyl groups excluding tert-OH is 1. The van der Waals surface area contributed by atoms with Gasteiger partial charge in [-0.1, -0.05) is 47.5 Å². The molecule has 1 aliphatic rings. The summed E-state index contributed by atoms with van der Waals surface area (Å²) in [7, 11) is 0. The number of anilines is 1. The first-order valence-electron chi connectivity index (χ1n) is 12.3. The predicted molar refractivity (Wildman–Crippen MR) is 154 cm³/mol. The summed E-state index contributed by atoms with van der Waals surface area (Å²) < 4.78 is 12.5. The number of ketones is 1. The van der Waals surface area contributed by atoms with E-state index in [1.54, 1.807) is 60.7 Å². The third kappa shape index (κ3) is 5.20. The maximum atomic E-state index is 13.5. The van der Waals surface area contributed by atoms with Gasteiger partial charge in [0.25, 0.3) is 5.78 Å². The van der Waals surface area contributed by atoms with Crippen LogP contribution >= 0.6 is 34.5 Å². The summed E-state index contributed by atoms with van der Waals surface area (Å²) in [5.41, 5.74) is 1.47. The average molecular weight is 583 g/mol. The number of Topliss-reactive ketones (excluding diaryl/α,β-unsaturated/α-hetero) is 1. The molecule has 3 aromatic carbocycles. The van der Waals surface area contributed by atoms with Gasteiger partial charge in [-0.3, -0.25) is 14.5 Å². The fourth-order valence-electron chi connectivity index (χ4n) is 4.39. The lowest BCUT2D eigenvalue weighted by atomic mass is 9.95. The number of fused-ring (bicyclic) bond motifs is 1. The average Bonchev–Trinajstić information content (AvgIpc) is 3.45. The Balaban J connectivity index is 1.71. The molecule has 0 aliphatic carbocycles. The first-order valence-corrected chi connectivity index (χ1v) is 13.9. The molecular weight excluding hydrogens is 559 g/mol. The number of halogens is 2. The number of carbonyl (C=O) groups is 2. The van der Waals surface area contributed by atoms with Crippen molar-refractivity contribution in [2.75, 3.05) is 18.1 Å². The molecule has 0 spiro atoms. The molecule has 1 atom stereocenters. The number of nitrogens with zero attached hydrogens (tertiary/aromatic N) is 2. The highest BCUT2D eigenvalue weighted by molar-refractivity contribution is 7.22. The highest BCUT2D eigenvalue weighted by atomic mass is 35.5. The van der Waals surface area contributed by atoms with Gasteiger partial charge in [0.2, 0.25) is 0 Å². The molecule has 0 radical (unpaired) electrons. The third-order valence-electron chi connectivity index (χ3n) is 6.15. The first kappa shape index (κ1) is 27.0. The van der Waals surface area contributed by atoms with E-state index in [0.717, 1.165) is 11.1 Å². The molecule has 1 fully saturated rings. The van der Waals surface area contributed by atoms with Crippen LogP contribution in [0.1, 0.15) is 37.4 Å². The van der Waals surface area contributed by atoms with Gasteiger partial charge in [-0.2, -0.15) is 0 Å². The van der Waals surface area contributed by atoms with Gasteiger partial charge < -0.3 is 14.6 Å². The molecule has 2 heterocycles. The largest absolute Gasteiger partial charge is 0.507 e. The number of hydrogen-bond acceptors (Lipinski definition) is 7. The molecule has 1 unspecified atom stereocenters. The van der Waals surface area contributed by atoms with E-state index in [2.05, 4.69) is 4.98 Å². The zero-order valence-corrected chi connectivity index (χ0v) is 23.4. The summed E-state index contributed by atoms with van der Waals surface area (Å²) in [6.45, 7) is 4.75. The molecule has 1 amide bonds. The van der Waals surface area contributed by atoms with E-state index in [1.807, 2.05) is 13.8 Å². The Labute approximate surface area is 239 Å². The van der Waals surface area contributed by atoms with Crippen molar-refractivity contribution in [2.45, 2.75) is 26.3 Å². The van der Waals surface area contributed by atoms with E-state index in [4.69, 9.17) is 32.7 Å². The smallest absolute Gasteiger partial charge is 0.301 e. The van der Waals surface area contributed by atoms with Crippen molar-refractivity contribution in [3.8, 4) is 11.5 Å². The molecule has 10 heteroatoms. The zero-order chi connectivity index (χ0) is 27.7. The first-order chi connectivity index (χ1) is 18.8. The zero-order valence-electron chi connectivity index (χ0n) is 21.1. The van der Waals surface area contributed by atoms with Crippen LogP contribution in [0.5, 0.6) is 11.5 Å². The van der Waals surface area contributed by atoms with Crippen molar-refractivity contribution in [3.63, 3.8) is 0 Å². The van der Waals surface area contributed by atoms with Crippen LogP contribution in [0.25, 0.3) is 16.0 Å². The lowest BCUT2D eigenvalue weighted by Crippen LogP contribution is -2.29. The van der Waals surface area contributed by atoms with Gasteiger partial charge >= 0.3 is 5.91 Å². The topological polar surface area (TPSA) is 89.0 Å². The SMILES string of the molecule is CCCOc1ccc(C2/C(=C(\O)c3ccc(Cl)cc3)C(=O)C(=O)N2c2nc3ccc(Cl)cc3s2)cc1OCC. The van der Waals surface area contributed by atoms with E-state index >= 15 is 0 Å². The van der Waals surface area contributed by atoms with Crippen LogP contribution in [-0.2, 0) is 9.59 Å². The van der Waals surface area contributed by atoms with Crippen molar-refractivity contribution in [1.82, 2.24) is 4.98 Å². The molecule has 1 aromatic heterocycles. The summed E-state index contributed by atoms with van der Waals surface area (Å²) in [5, 5.41) is 12.7. The number of amides is 1. The molecule has 0 bridgehead atoms. The van der Waals surface area contributed by atoms with Gasteiger partial charge in [0, 0.05) is 15.6 Å². The normalized spacial score (nSPS) is 16.7. The standard InChI is InChI=1S/C29H24Cl2N2O5S/c1-3-13-38-21-12-7-17(14-22(21)37-4-2)25-24(26(34)16-5-8-18(30)9-6-16)27(35)28(36)33(25)29-32-20-11-10-19(31)15-23(20)39-29/h5-12,14-15,25,34H,3-4,13H2,1-2H3/b26-24+. The van der Waals surface area contributed by atoms with Gasteiger partial charge in [0.15, 0.2) is 16.6 Å². The van der Waals surface area contributed by atoms with Crippen molar-refractivity contribution in [2.24, 2.45) is 0 Å². The maximum absolute atomic E-state index is 13.5. The highest BCUT2D eigenvalue weighted by Gasteiger charge is 2.48. The van der Waals surface area contributed by atoms with Crippen LogP contribution in [-0.4, -0.2) is 35.0 Å². The maximum Gasteiger partial charge on any atom is 0.301 e. The number of benzene rings is 3. The third-order valence-corrected chi connectivity index (χ3v) is 7.66. The van der Waals surface area contributed by atoms with Gasteiger partial charge in [-0.15, -0.1) is 0 Å². The van der Waals surface area contributed by atoms with Gasteiger partial charge in [0.1, 0.15) is 5.76 Å². The van der Waals surface area contributed by atoms with Crippen LogP contribution < -0.4 is 14.4 Å². The van der Waals surface area contributed by atoms with Gasteiger partial charge in [0.05, 0.1) is 35.0 Å². The van der Waals surface area contributed by atoms with Crippen LogP contribution in [0.3, 0.4) is 0 Å². The van der Waals surface area contributed by atoms with Crippen LogP contribution in [0.15, 0.2) is 66.2 Å². The van der Waals surface area contributed by atoms with Crippen molar-refractivity contribution >= 4 is 67.3 Å². The second-order valence-corrected chi connectivity index (χ2v) is 10.7. The van der Waals surface area contributed by atoms with E-state index in [9.17, 15) is 14.7 Å². The van der Waals surface area contributed by atoms with Crippen LogP contribution in [0.4, 0.5) is 5.13 Å². The van der Waals surface area contributed by atoms with E-state index < -0.39 is 17.7 Å². The molecule has 200 valence electrons. The Bertz CT molecular complexity index is 1600. The second-order valence-electron chi connectivity index (χ2n) is 8.77. The molecule has 4 aromatic rings. The van der Waals surface area contributed by atoms with Crippen molar-refractivity contribution in [3.05, 3.63) is 87.4 Å². The Hall–Kier alpha value is -3.59. The molecule has 1 saturated heterocycles. The summed E-state index contributed by atoms with van der Waals surface area (Å²) in [4.78, 5) is 33.0. The van der Waals surface area contributed by atoms with Gasteiger partial charge in [-0.25, -0.2) is 4.98 Å². The number of ether oxygens (including phenoxy) is 2. The Morgan fingerprint density at radius 2 is 1.72 bits per heavy atom. The number of thiazole rings is 1. The minimum Gasteiger partial charge on any atom is -0.507 e. The quantitative estimate of drug-likeness (QED) is 0.132. The molecule has 1 N–H and O–H groups in total. The van der Waals surface area contributed by atoms with Crippen molar-refractivity contribution < 1.29 is 24.2 Å². The summed E-state index contributed by atoms with van der Waals surface area (Å²) >= 11 is 13.4. The fourth-order valence-corrected chi connectivity index (χ4v) is 5.79. The van der Waals surface area contributed by atoms with Gasteiger partial charge in [-0.05, 0) is 73.5 Å². The number of hydrogen-bond donors (Lipinski definition) is 1. The van der Waals surface area contributed by atoms with E-state index in [-0.39, 0.29) is 11.3 Å². The lowest BCUT2D eigenvalue weighted by Gasteiger charge is -2.24. The van der Waals surface area contributed by atoms with Crippen LogP contribution in [0.2, 0.25) is 10.0 Å². The minimum atomic E-state index is -0.976. The molecule has 5 rings (SSSR count). The summed E-state index contributed by atoms with van der Waals surface area (Å²) in [6, 6.07) is 15.9. The highest BCUT2D eigenvalue weighted by Crippen LogP contribution is 2.46. The molecule has 0 saturated carbocycles. The predicted octanol–water partition coefficient (Wildman–Crippen LogP) is 7.42. The number of rotatable bonds is 8. The number of carbonyl (C=O) groups excluding carboxylic acids is 2. The lowest BCUT2D eigenvalue weighted by molar-refractivity contribution is -0.132. The van der Waals surface area contributed by atoms with E-state index in [1.165, 1.54) is 16.2 Å².